The number of methoxy groups -OCH3 is 2. The topological polar surface area (TPSA) is 59.1 Å². The molecule has 2 aliphatic heterocycles. The van der Waals surface area contributed by atoms with Gasteiger partial charge in [0.05, 0.1) is 25.8 Å². The van der Waals surface area contributed by atoms with Crippen LogP contribution >= 0.6 is 0 Å². The molecule has 0 radical (unpaired) electrons. The lowest BCUT2D eigenvalue weighted by Crippen LogP contribution is -2.40. The van der Waals surface area contributed by atoms with Gasteiger partial charge < -0.3 is 19.3 Å². The van der Waals surface area contributed by atoms with Crippen LogP contribution in [0.15, 0.2) is 24.3 Å². The fraction of sp³-hybridized carbons (Fsp3) is 0.529. The minimum Gasteiger partial charge on any atom is -0.497 e. The molecule has 1 aromatic rings. The van der Waals surface area contributed by atoms with Crippen molar-refractivity contribution in [2.75, 3.05) is 33.9 Å². The molecule has 3 rings (SSSR count). The highest BCUT2D eigenvalue weighted by molar-refractivity contribution is 5.96. The van der Waals surface area contributed by atoms with Crippen molar-refractivity contribution in [1.29, 1.82) is 0 Å². The van der Waals surface area contributed by atoms with Crippen LogP contribution in [-0.4, -0.2) is 67.6 Å². The average molecular weight is 318 g/mol. The van der Waals surface area contributed by atoms with E-state index in [2.05, 4.69) is 0 Å². The second-order valence-corrected chi connectivity index (χ2v) is 5.94. The minimum absolute atomic E-state index is 0.0296. The van der Waals surface area contributed by atoms with Crippen molar-refractivity contribution in [3.05, 3.63) is 29.8 Å². The van der Waals surface area contributed by atoms with Crippen molar-refractivity contribution in [2.24, 2.45) is 0 Å². The lowest BCUT2D eigenvalue weighted by Gasteiger charge is -2.25. The zero-order valence-electron chi connectivity index (χ0n) is 13.5. The number of fused-ring (bicyclic) bond motifs is 1. The van der Waals surface area contributed by atoms with E-state index in [4.69, 9.17) is 9.47 Å². The largest absolute Gasteiger partial charge is 0.497 e. The van der Waals surface area contributed by atoms with Crippen LogP contribution in [0.3, 0.4) is 0 Å². The average Bonchev–Trinajstić information content (AvgIpc) is 3.11. The summed E-state index contributed by atoms with van der Waals surface area (Å²) in [5, 5.41) is 0. The van der Waals surface area contributed by atoms with Crippen LogP contribution < -0.4 is 4.74 Å². The van der Waals surface area contributed by atoms with E-state index in [-0.39, 0.29) is 23.9 Å². The zero-order valence-corrected chi connectivity index (χ0v) is 13.5. The molecule has 124 valence electrons. The van der Waals surface area contributed by atoms with E-state index in [9.17, 15) is 9.59 Å². The first-order chi connectivity index (χ1) is 11.2. The summed E-state index contributed by atoms with van der Waals surface area (Å²) in [6.45, 7) is 1.80. The third kappa shape index (κ3) is 2.91. The molecule has 0 saturated carbocycles. The highest BCUT2D eigenvalue weighted by Gasteiger charge is 2.48. The second-order valence-electron chi connectivity index (χ2n) is 5.94. The van der Waals surface area contributed by atoms with Crippen LogP contribution in [0.5, 0.6) is 5.75 Å². The Morgan fingerprint density at radius 3 is 2.87 bits per heavy atom. The van der Waals surface area contributed by atoms with E-state index in [1.807, 2.05) is 21.9 Å². The maximum atomic E-state index is 12.8. The van der Waals surface area contributed by atoms with Gasteiger partial charge in [-0.1, -0.05) is 6.07 Å². The lowest BCUT2D eigenvalue weighted by atomic mass is 10.1. The van der Waals surface area contributed by atoms with E-state index in [1.165, 1.54) is 0 Å². The van der Waals surface area contributed by atoms with Gasteiger partial charge in [-0.3, -0.25) is 9.59 Å². The van der Waals surface area contributed by atoms with Gasteiger partial charge in [0.2, 0.25) is 5.91 Å². The summed E-state index contributed by atoms with van der Waals surface area (Å²) in [6, 6.07) is 7.25. The first kappa shape index (κ1) is 15.8. The predicted octanol–water partition coefficient (Wildman–Crippen LogP) is 1.16. The zero-order chi connectivity index (χ0) is 16.4. The summed E-state index contributed by atoms with van der Waals surface area (Å²) in [5.74, 6) is 0.744. The summed E-state index contributed by atoms with van der Waals surface area (Å²) in [7, 11) is 3.21. The van der Waals surface area contributed by atoms with Gasteiger partial charge >= 0.3 is 0 Å². The summed E-state index contributed by atoms with van der Waals surface area (Å²) in [6.07, 6.45) is 1.24. The molecular formula is C17H22N2O4. The number of hydrogen-bond donors (Lipinski definition) is 0. The number of carbonyl (C=O) groups excluding carboxylic acids is 2. The second kappa shape index (κ2) is 6.58. The van der Waals surface area contributed by atoms with E-state index >= 15 is 0 Å². The predicted molar refractivity (Wildman–Crippen MR) is 84.4 cm³/mol. The van der Waals surface area contributed by atoms with Gasteiger partial charge in [-0.25, -0.2) is 0 Å². The normalized spacial score (nSPS) is 23.3. The first-order valence-corrected chi connectivity index (χ1v) is 7.89. The van der Waals surface area contributed by atoms with Crippen molar-refractivity contribution in [2.45, 2.75) is 24.9 Å². The maximum absolute atomic E-state index is 12.8. The quantitative estimate of drug-likeness (QED) is 0.817. The Morgan fingerprint density at radius 1 is 1.30 bits per heavy atom. The molecule has 2 aliphatic rings. The molecule has 0 aromatic heterocycles. The Kier molecular flexibility index (Phi) is 4.52. The van der Waals surface area contributed by atoms with Crippen molar-refractivity contribution in [3.63, 3.8) is 0 Å². The number of likely N-dealkylation sites (tertiary alicyclic amines) is 2. The molecule has 0 bridgehead atoms. The van der Waals surface area contributed by atoms with E-state index in [0.717, 1.165) is 6.42 Å². The molecular weight excluding hydrogens is 296 g/mol. The number of benzene rings is 1. The highest BCUT2D eigenvalue weighted by atomic mass is 16.5. The standard InChI is InChI=1S/C17H22N2O4/c1-22-9-8-18-14-6-7-19(15(14)11-16(18)20)17(21)12-4-3-5-13(10-12)23-2/h3-5,10,14-15H,6-9,11H2,1-2H3/t14-,15-/m1/s1. The number of nitrogens with zero attached hydrogens (tertiary/aromatic N) is 2. The Morgan fingerprint density at radius 2 is 2.13 bits per heavy atom. The van der Waals surface area contributed by atoms with Crippen molar-refractivity contribution in [3.8, 4) is 5.75 Å². The monoisotopic (exact) mass is 318 g/mol. The van der Waals surface area contributed by atoms with Gasteiger partial charge in [0.25, 0.3) is 5.91 Å². The molecule has 2 atom stereocenters. The molecule has 0 spiro atoms. The third-order valence-electron chi connectivity index (χ3n) is 4.73. The smallest absolute Gasteiger partial charge is 0.254 e. The Labute approximate surface area is 136 Å². The molecule has 23 heavy (non-hydrogen) atoms. The molecule has 0 aliphatic carbocycles. The highest BCUT2D eigenvalue weighted by Crippen LogP contribution is 2.33. The first-order valence-electron chi connectivity index (χ1n) is 7.89. The third-order valence-corrected chi connectivity index (χ3v) is 4.73. The van der Waals surface area contributed by atoms with Crippen LogP contribution in [0.25, 0.3) is 0 Å². The number of rotatable bonds is 5. The fourth-order valence-electron chi connectivity index (χ4n) is 3.58. The number of carbonyl (C=O) groups is 2. The van der Waals surface area contributed by atoms with Gasteiger partial charge in [-0.05, 0) is 24.6 Å². The van der Waals surface area contributed by atoms with Crippen LogP contribution in [0.2, 0.25) is 0 Å². The number of ether oxygens (including phenoxy) is 2. The van der Waals surface area contributed by atoms with E-state index < -0.39 is 0 Å². The molecule has 6 heteroatoms. The van der Waals surface area contributed by atoms with Gasteiger partial charge in [0.1, 0.15) is 5.75 Å². The molecule has 0 N–H and O–H groups in total. The summed E-state index contributed by atoms with van der Waals surface area (Å²) < 4.78 is 10.3. The van der Waals surface area contributed by atoms with Crippen molar-refractivity contribution >= 4 is 11.8 Å². The van der Waals surface area contributed by atoms with Crippen molar-refractivity contribution < 1.29 is 19.1 Å². The Bertz CT molecular complexity index is 604. The molecule has 6 nitrogen and oxygen atoms in total. The molecule has 2 saturated heterocycles. The van der Waals surface area contributed by atoms with Crippen LogP contribution in [-0.2, 0) is 9.53 Å². The summed E-state index contributed by atoms with van der Waals surface area (Å²) in [5.41, 5.74) is 0.604. The molecule has 2 fully saturated rings. The summed E-state index contributed by atoms with van der Waals surface area (Å²) in [4.78, 5) is 28.7. The lowest BCUT2D eigenvalue weighted by molar-refractivity contribution is -0.129. The van der Waals surface area contributed by atoms with Gasteiger partial charge in [0.15, 0.2) is 0 Å². The van der Waals surface area contributed by atoms with Gasteiger partial charge in [-0.2, -0.15) is 0 Å². The minimum atomic E-state index is -0.0298. The Balaban J connectivity index is 1.75. The van der Waals surface area contributed by atoms with E-state index in [1.54, 1.807) is 26.4 Å². The Hall–Kier alpha value is -2.08. The number of hydrogen-bond acceptors (Lipinski definition) is 4. The van der Waals surface area contributed by atoms with Crippen LogP contribution in [0.1, 0.15) is 23.2 Å². The fourth-order valence-corrected chi connectivity index (χ4v) is 3.58. The molecule has 1 aromatic carbocycles. The molecule has 0 unspecified atom stereocenters. The van der Waals surface area contributed by atoms with Crippen LogP contribution in [0.4, 0.5) is 0 Å². The SMILES string of the molecule is COCCN1C(=O)C[C@@H]2[C@H]1CCN2C(=O)c1cccc(OC)c1. The van der Waals surface area contributed by atoms with E-state index in [0.29, 0.717) is 37.4 Å². The van der Waals surface area contributed by atoms with Crippen LogP contribution in [0, 0.1) is 0 Å². The van der Waals surface area contributed by atoms with Gasteiger partial charge in [-0.15, -0.1) is 0 Å². The maximum Gasteiger partial charge on any atom is 0.254 e. The molecule has 2 amide bonds. The van der Waals surface area contributed by atoms with Gasteiger partial charge in [0, 0.05) is 32.2 Å². The molecule has 2 heterocycles. The summed E-state index contributed by atoms with van der Waals surface area (Å²) >= 11 is 0. The number of amides is 2. The van der Waals surface area contributed by atoms with Crippen molar-refractivity contribution in [1.82, 2.24) is 9.80 Å².